The number of carbonyl (C=O) groups excluding carboxylic acids is 2. The summed E-state index contributed by atoms with van der Waals surface area (Å²) in [5.41, 5.74) is 1.40. The summed E-state index contributed by atoms with van der Waals surface area (Å²) in [6, 6.07) is 3.30. The van der Waals surface area contributed by atoms with E-state index in [1.165, 1.54) is 30.2 Å². The van der Waals surface area contributed by atoms with Crippen molar-refractivity contribution < 1.29 is 18.7 Å². The lowest BCUT2D eigenvalue weighted by Gasteiger charge is -2.33. The van der Waals surface area contributed by atoms with Crippen LogP contribution >= 0.6 is 15.9 Å². The molecule has 112 valence electrons. The van der Waals surface area contributed by atoms with Crippen molar-refractivity contribution in [1.82, 2.24) is 10.2 Å². The SMILES string of the molecule is COC(=O)C1=C(C)N(C)C(=O)NC1c1ccc(F)c(Br)c1. The molecular weight excluding hydrogens is 343 g/mol. The Morgan fingerprint density at radius 2 is 2.14 bits per heavy atom. The number of hydrogen-bond acceptors (Lipinski definition) is 3. The number of benzene rings is 1. The minimum Gasteiger partial charge on any atom is -0.466 e. The van der Waals surface area contributed by atoms with Crippen molar-refractivity contribution in [2.24, 2.45) is 0 Å². The lowest BCUT2D eigenvalue weighted by Crippen LogP contribution is -2.46. The number of hydrogen-bond donors (Lipinski definition) is 1. The van der Waals surface area contributed by atoms with Gasteiger partial charge in [-0.25, -0.2) is 14.0 Å². The van der Waals surface area contributed by atoms with Crippen LogP contribution in [-0.2, 0) is 9.53 Å². The highest BCUT2D eigenvalue weighted by molar-refractivity contribution is 9.10. The molecule has 0 bridgehead atoms. The summed E-state index contributed by atoms with van der Waals surface area (Å²) >= 11 is 3.10. The number of nitrogens with one attached hydrogen (secondary N) is 1. The van der Waals surface area contributed by atoms with Crippen LogP contribution in [0.3, 0.4) is 0 Å². The molecule has 0 aliphatic carbocycles. The number of allylic oxidation sites excluding steroid dienone is 1. The van der Waals surface area contributed by atoms with Crippen molar-refractivity contribution in [2.75, 3.05) is 14.2 Å². The molecule has 1 aliphatic heterocycles. The van der Waals surface area contributed by atoms with Gasteiger partial charge in [0.1, 0.15) is 5.82 Å². The van der Waals surface area contributed by atoms with Gasteiger partial charge in [-0.05, 0) is 40.5 Å². The molecule has 21 heavy (non-hydrogen) atoms. The zero-order valence-electron chi connectivity index (χ0n) is 11.7. The largest absolute Gasteiger partial charge is 0.466 e. The van der Waals surface area contributed by atoms with Crippen molar-refractivity contribution in [3.05, 3.63) is 45.3 Å². The Morgan fingerprint density at radius 3 is 2.71 bits per heavy atom. The van der Waals surface area contributed by atoms with Gasteiger partial charge in [0.2, 0.25) is 0 Å². The van der Waals surface area contributed by atoms with Gasteiger partial charge in [0.15, 0.2) is 0 Å². The summed E-state index contributed by atoms with van der Waals surface area (Å²) in [7, 11) is 2.83. The predicted octanol–water partition coefficient (Wildman–Crippen LogP) is 2.73. The second-order valence-corrected chi connectivity index (χ2v) is 5.46. The summed E-state index contributed by atoms with van der Waals surface area (Å²) in [6.07, 6.45) is 0. The van der Waals surface area contributed by atoms with Gasteiger partial charge in [-0.3, -0.25) is 0 Å². The van der Waals surface area contributed by atoms with Crippen LogP contribution in [0, 0.1) is 5.82 Å². The average molecular weight is 357 g/mol. The third kappa shape index (κ3) is 2.78. The van der Waals surface area contributed by atoms with Crippen LogP contribution in [0.2, 0.25) is 0 Å². The fraction of sp³-hybridized carbons (Fsp3) is 0.286. The number of esters is 1. The molecule has 1 aromatic carbocycles. The molecule has 0 saturated carbocycles. The minimum absolute atomic E-state index is 0.259. The second kappa shape index (κ2) is 5.85. The van der Waals surface area contributed by atoms with E-state index >= 15 is 0 Å². The van der Waals surface area contributed by atoms with E-state index < -0.39 is 17.8 Å². The molecule has 1 heterocycles. The van der Waals surface area contributed by atoms with Crippen LogP contribution in [0.1, 0.15) is 18.5 Å². The number of methoxy groups -OCH3 is 1. The summed E-state index contributed by atoms with van der Waals surface area (Å²) in [5, 5.41) is 2.71. The number of urea groups is 1. The van der Waals surface area contributed by atoms with Crippen molar-refractivity contribution in [2.45, 2.75) is 13.0 Å². The van der Waals surface area contributed by atoms with Crippen molar-refractivity contribution in [3.8, 4) is 0 Å². The second-order valence-electron chi connectivity index (χ2n) is 4.61. The van der Waals surface area contributed by atoms with Crippen LogP contribution in [0.4, 0.5) is 9.18 Å². The molecule has 1 aromatic rings. The predicted molar refractivity (Wildman–Crippen MR) is 77.9 cm³/mol. The van der Waals surface area contributed by atoms with Crippen molar-refractivity contribution in [3.63, 3.8) is 0 Å². The first-order valence-corrected chi connectivity index (χ1v) is 6.94. The molecule has 7 heteroatoms. The highest BCUT2D eigenvalue weighted by Crippen LogP contribution is 2.32. The Morgan fingerprint density at radius 1 is 1.48 bits per heavy atom. The summed E-state index contributed by atoms with van der Waals surface area (Å²) in [6.45, 7) is 1.66. The normalized spacial score (nSPS) is 18.6. The minimum atomic E-state index is -0.682. The van der Waals surface area contributed by atoms with E-state index in [9.17, 15) is 14.0 Å². The number of ether oxygens (including phenoxy) is 1. The maximum absolute atomic E-state index is 13.4. The number of carbonyl (C=O) groups is 2. The van der Waals surface area contributed by atoms with E-state index in [0.717, 1.165) is 0 Å². The van der Waals surface area contributed by atoms with Crippen LogP contribution in [0.15, 0.2) is 33.9 Å². The number of nitrogens with zero attached hydrogens (tertiary/aromatic N) is 1. The molecule has 1 N–H and O–H groups in total. The van der Waals surface area contributed by atoms with E-state index in [4.69, 9.17) is 4.74 Å². The molecular formula is C14H14BrFN2O3. The molecule has 5 nitrogen and oxygen atoms in total. The summed E-state index contributed by atoms with van der Waals surface area (Å²) in [4.78, 5) is 25.3. The molecule has 0 fully saturated rings. The average Bonchev–Trinajstić information content (AvgIpc) is 2.46. The number of amides is 2. The van der Waals surface area contributed by atoms with E-state index in [0.29, 0.717) is 16.8 Å². The van der Waals surface area contributed by atoms with Gasteiger partial charge in [-0.15, -0.1) is 0 Å². The molecule has 0 spiro atoms. The fourth-order valence-corrected chi connectivity index (χ4v) is 2.55. The van der Waals surface area contributed by atoms with Gasteiger partial charge in [0.05, 0.1) is 23.2 Å². The van der Waals surface area contributed by atoms with E-state index in [2.05, 4.69) is 21.2 Å². The van der Waals surface area contributed by atoms with Crippen LogP contribution in [-0.4, -0.2) is 31.1 Å². The molecule has 0 radical (unpaired) electrons. The first-order chi connectivity index (χ1) is 9.86. The maximum Gasteiger partial charge on any atom is 0.337 e. The Bertz CT molecular complexity index is 645. The molecule has 1 aliphatic rings. The molecule has 1 atom stereocenters. The first kappa shape index (κ1) is 15.5. The van der Waals surface area contributed by atoms with Gasteiger partial charge >= 0.3 is 12.0 Å². The Balaban J connectivity index is 2.56. The van der Waals surface area contributed by atoms with Gasteiger partial charge in [0, 0.05) is 12.7 Å². The topological polar surface area (TPSA) is 58.6 Å². The Kier molecular flexibility index (Phi) is 4.32. The molecule has 0 saturated heterocycles. The third-order valence-corrected chi connectivity index (χ3v) is 4.04. The molecule has 2 rings (SSSR count). The first-order valence-electron chi connectivity index (χ1n) is 6.15. The van der Waals surface area contributed by atoms with E-state index in [1.807, 2.05) is 0 Å². The lowest BCUT2D eigenvalue weighted by atomic mass is 9.95. The smallest absolute Gasteiger partial charge is 0.337 e. The summed E-state index contributed by atoms with van der Waals surface area (Å²) in [5.74, 6) is -0.955. The molecule has 2 amide bonds. The van der Waals surface area contributed by atoms with Crippen LogP contribution < -0.4 is 5.32 Å². The number of halogens is 2. The van der Waals surface area contributed by atoms with Crippen molar-refractivity contribution in [1.29, 1.82) is 0 Å². The molecule has 1 unspecified atom stereocenters. The summed E-state index contributed by atoms with van der Waals surface area (Å²) < 4.78 is 18.4. The quantitative estimate of drug-likeness (QED) is 0.828. The van der Waals surface area contributed by atoms with E-state index in [-0.39, 0.29) is 10.5 Å². The van der Waals surface area contributed by atoms with E-state index in [1.54, 1.807) is 14.0 Å². The molecule has 0 aromatic heterocycles. The highest BCUT2D eigenvalue weighted by atomic mass is 79.9. The Hall–Kier alpha value is -1.89. The third-order valence-electron chi connectivity index (χ3n) is 3.44. The number of rotatable bonds is 2. The monoisotopic (exact) mass is 356 g/mol. The Labute approximate surface area is 129 Å². The zero-order chi connectivity index (χ0) is 15.7. The van der Waals surface area contributed by atoms with Gasteiger partial charge in [-0.1, -0.05) is 6.07 Å². The van der Waals surface area contributed by atoms with Crippen LogP contribution in [0.5, 0.6) is 0 Å². The maximum atomic E-state index is 13.4. The van der Waals surface area contributed by atoms with Crippen LogP contribution in [0.25, 0.3) is 0 Å². The standard InChI is InChI=1S/C14H14BrFN2O3/c1-7-11(13(19)21-3)12(17-14(20)18(7)2)8-4-5-10(16)9(15)6-8/h4-6,12H,1-3H3,(H,17,20). The van der Waals surface area contributed by atoms with Gasteiger partial charge in [-0.2, -0.15) is 0 Å². The lowest BCUT2D eigenvalue weighted by molar-refractivity contribution is -0.136. The highest BCUT2D eigenvalue weighted by Gasteiger charge is 2.34. The van der Waals surface area contributed by atoms with Gasteiger partial charge in [0.25, 0.3) is 0 Å². The fourth-order valence-electron chi connectivity index (χ4n) is 2.15. The zero-order valence-corrected chi connectivity index (χ0v) is 13.3. The van der Waals surface area contributed by atoms with Crippen molar-refractivity contribution >= 4 is 27.9 Å². The van der Waals surface area contributed by atoms with Gasteiger partial charge < -0.3 is 15.0 Å².